The largest absolute Gasteiger partial charge is 0.493 e. The normalized spacial score (nSPS) is 11.2. The molecule has 0 aliphatic carbocycles. The minimum Gasteiger partial charge on any atom is -0.493 e. The Hall–Kier alpha value is -4.19. The van der Waals surface area contributed by atoms with Crippen LogP contribution in [0, 0.1) is 0 Å². The third kappa shape index (κ3) is 7.26. The molecule has 4 rings (SSSR count). The van der Waals surface area contributed by atoms with E-state index in [4.69, 9.17) is 21.1 Å². The molecule has 1 amide bonds. The number of halogens is 2. The second-order valence-corrected chi connectivity index (χ2v) is 11.1. The number of benzene rings is 4. The monoisotopic (exact) mass is 641 g/mol. The quantitative estimate of drug-likeness (QED) is 0.102. The number of methoxy groups -OCH3 is 1. The van der Waals surface area contributed by atoms with Crippen molar-refractivity contribution in [2.75, 3.05) is 11.8 Å². The van der Waals surface area contributed by atoms with Gasteiger partial charge in [-0.15, -0.1) is 0 Å². The molecule has 4 aromatic carbocycles. The molecule has 0 aliphatic heterocycles. The fraction of sp³-hybridized carbons (Fsp3) is 0.0357. The number of hydrogen-bond donors (Lipinski definition) is 2. The highest BCUT2D eigenvalue weighted by Crippen LogP contribution is 2.29. The lowest BCUT2D eigenvalue weighted by Crippen LogP contribution is -2.21. The van der Waals surface area contributed by atoms with E-state index in [1.807, 2.05) is 0 Å². The summed E-state index contributed by atoms with van der Waals surface area (Å²) in [4.78, 5) is 25.3. The zero-order chi connectivity index (χ0) is 28.7. The van der Waals surface area contributed by atoms with Gasteiger partial charge < -0.3 is 9.47 Å². The molecule has 0 saturated carbocycles. The second-order valence-electron chi connectivity index (χ2n) is 8.11. The number of nitrogens with zero attached hydrogens (tertiary/aromatic N) is 1. The Kier molecular flexibility index (Phi) is 9.20. The molecule has 12 heteroatoms. The number of carbonyl (C=O) groups is 2. The Balaban J connectivity index is 1.44. The topological polar surface area (TPSA) is 123 Å². The predicted molar refractivity (Wildman–Crippen MR) is 156 cm³/mol. The molecule has 0 heterocycles. The molecule has 9 nitrogen and oxygen atoms in total. The smallest absolute Gasteiger partial charge is 0.343 e. The molecule has 40 heavy (non-hydrogen) atoms. The number of sulfonamides is 1. The van der Waals surface area contributed by atoms with Crippen molar-refractivity contribution in [3.63, 3.8) is 0 Å². The van der Waals surface area contributed by atoms with Crippen LogP contribution in [0.25, 0.3) is 0 Å². The highest BCUT2D eigenvalue weighted by molar-refractivity contribution is 9.10. The molecule has 0 spiro atoms. The lowest BCUT2D eigenvalue weighted by atomic mass is 10.2. The molecule has 0 radical (unpaired) electrons. The number of carbonyl (C=O) groups excluding carboxylic acids is 2. The van der Waals surface area contributed by atoms with Crippen LogP contribution in [0.5, 0.6) is 11.5 Å². The SMILES string of the molecule is COc1cc(/C=N\NC(=O)c2ccccc2NS(=O)(=O)c2ccc(Cl)cc2)ccc1OC(=O)c1cccc(Br)c1. The van der Waals surface area contributed by atoms with E-state index in [1.54, 1.807) is 54.6 Å². The Morgan fingerprint density at radius 1 is 0.925 bits per heavy atom. The highest BCUT2D eigenvalue weighted by Gasteiger charge is 2.19. The first kappa shape index (κ1) is 28.8. The van der Waals surface area contributed by atoms with Crippen LogP contribution in [0.1, 0.15) is 26.3 Å². The molecule has 0 saturated heterocycles. The minimum absolute atomic E-state index is 0.00940. The third-order valence-electron chi connectivity index (χ3n) is 5.37. The number of hydrazone groups is 1. The van der Waals surface area contributed by atoms with Crippen molar-refractivity contribution in [2.45, 2.75) is 4.90 Å². The average Bonchev–Trinajstić information content (AvgIpc) is 2.94. The van der Waals surface area contributed by atoms with E-state index in [2.05, 4.69) is 31.2 Å². The van der Waals surface area contributed by atoms with Crippen LogP contribution in [0.15, 0.2) is 105 Å². The molecule has 4 aromatic rings. The van der Waals surface area contributed by atoms with Gasteiger partial charge >= 0.3 is 5.97 Å². The third-order valence-corrected chi connectivity index (χ3v) is 7.50. The molecular formula is C28H21BrClN3O6S. The highest BCUT2D eigenvalue weighted by atomic mass is 79.9. The van der Waals surface area contributed by atoms with Gasteiger partial charge in [0, 0.05) is 9.50 Å². The fourth-order valence-corrected chi connectivity index (χ4v) is 5.04. The summed E-state index contributed by atoms with van der Waals surface area (Å²) in [7, 11) is -2.54. The van der Waals surface area contributed by atoms with Crippen molar-refractivity contribution in [3.8, 4) is 11.5 Å². The summed E-state index contributed by atoms with van der Waals surface area (Å²) < 4.78 is 39.5. The average molecular weight is 643 g/mol. The number of amides is 1. The summed E-state index contributed by atoms with van der Waals surface area (Å²) >= 11 is 9.16. The zero-order valence-electron chi connectivity index (χ0n) is 20.8. The van der Waals surface area contributed by atoms with Gasteiger partial charge in [0.25, 0.3) is 15.9 Å². The molecule has 0 atom stereocenters. The summed E-state index contributed by atoms with van der Waals surface area (Å²) in [5.74, 6) is -0.716. The molecule has 0 bridgehead atoms. The zero-order valence-corrected chi connectivity index (χ0v) is 24.0. The minimum atomic E-state index is -3.97. The first-order valence-corrected chi connectivity index (χ1v) is 14.2. The standard InChI is InChI=1S/C28H21BrClN3O6S/c1-38-26-15-18(9-14-25(26)39-28(35)19-5-4-6-20(29)16-19)17-31-32-27(34)23-7-2-3-8-24(23)33-40(36,37)22-12-10-21(30)11-13-22/h2-17,33H,1H3,(H,32,34)/b31-17-. The van der Waals surface area contributed by atoms with E-state index in [1.165, 1.54) is 49.7 Å². The number of hydrogen-bond acceptors (Lipinski definition) is 7. The lowest BCUT2D eigenvalue weighted by Gasteiger charge is -2.12. The van der Waals surface area contributed by atoms with Crippen LogP contribution in [0.4, 0.5) is 5.69 Å². The molecule has 0 unspecified atom stereocenters. The molecule has 0 fully saturated rings. The van der Waals surface area contributed by atoms with Gasteiger partial charge in [0.1, 0.15) is 0 Å². The molecule has 0 aliphatic rings. The van der Waals surface area contributed by atoms with Gasteiger partial charge in [0.05, 0.1) is 35.0 Å². The van der Waals surface area contributed by atoms with Gasteiger partial charge in [-0.25, -0.2) is 18.6 Å². The maximum atomic E-state index is 12.8. The van der Waals surface area contributed by atoms with Gasteiger partial charge in [0.15, 0.2) is 11.5 Å². The van der Waals surface area contributed by atoms with Crippen LogP contribution in [0.3, 0.4) is 0 Å². The second kappa shape index (κ2) is 12.8. The Morgan fingerprint density at radius 3 is 2.40 bits per heavy atom. The number of anilines is 1. The number of ether oxygens (including phenoxy) is 2. The summed E-state index contributed by atoms with van der Waals surface area (Å²) in [6.07, 6.45) is 1.36. The van der Waals surface area contributed by atoms with Crippen LogP contribution in [-0.4, -0.2) is 33.6 Å². The van der Waals surface area contributed by atoms with Crippen LogP contribution in [-0.2, 0) is 10.0 Å². The molecule has 2 N–H and O–H groups in total. The van der Waals surface area contributed by atoms with Gasteiger partial charge in [-0.3, -0.25) is 9.52 Å². The Labute approximate surface area is 244 Å². The predicted octanol–water partition coefficient (Wildman–Crippen LogP) is 5.90. The summed E-state index contributed by atoms with van der Waals surface area (Å²) in [5, 5.41) is 4.36. The molecule has 0 aromatic heterocycles. The van der Waals surface area contributed by atoms with E-state index in [0.717, 1.165) is 4.47 Å². The van der Waals surface area contributed by atoms with Crippen LogP contribution < -0.4 is 19.6 Å². The molecule has 204 valence electrons. The first-order chi connectivity index (χ1) is 19.2. The summed E-state index contributed by atoms with van der Waals surface area (Å²) in [5.41, 5.74) is 3.41. The Morgan fingerprint density at radius 2 is 1.68 bits per heavy atom. The van der Waals surface area contributed by atoms with Gasteiger partial charge in [-0.2, -0.15) is 5.10 Å². The van der Waals surface area contributed by atoms with Crippen molar-refractivity contribution in [1.82, 2.24) is 5.43 Å². The van der Waals surface area contributed by atoms with Crippen molar-refractivity contribution >= 4 is 61.3 Å². The van der Waals surface area contributed by atoms with Crippen LogP contribution in [0.2, 0.25) is 5.02 Å². The van der Waals surface area contributed by atoms with E-state index in [0.29, 0.717) is 16.1 Å². The number of rotatable bonds is 9. The van der Waals surface area contributed by atoms with Crippen molar-refractivity contribution in [1.29, 1.82) is 0 Å². The van der Waals surface area contributed by atoms with Crippen molar-refractivity contribution in [2.24, 2.45) is 5.10 Å². The maximum absolute atomic E-state index is 12.8. The van der Waals surface area contributed by atoms with E-state index in [9.17, 15) is 18.0 Å². The van der Waals surface area contributed by atoms with Gasteiger partial charge in [-0.05, 0) is 78.4 Å². The Bertz CT molecular complexity index is 1690. The lowest BCUT2D eigenvalue weighted by molar-refractivity contribution is 0.0729. The number of nitrogens with one attached hydrogen (secondary N) is 2. The number of esters is 1. The van der Waals surface area contributed by atoms with Gasteiger partial charge in [0.2, 0.25) is 0 Å². The van der Waals surface area contributed by atoms with E-state index < -0.39 is 21.9 Å². The number of para-hydroxylation sites is 1. The van der Waals surface area contributed by atoms with Crippen molar-refractivity contribution in [3.05, 3.63) is 117 Å². The summed E-state index contributed by atoms with van der Waals surface area (Å²) in [6, 6.07) is 23.3. The fourth-order valence-electron chi connectivity index (χ4n) is 3.44. The maximum Gasteiger partial charge on any atom is 0.343 e. The van der Waals surface area contributed by atoms with E-state index >= 15 is 0 Å². The van der Waals surface area contributed by atoms with Crippen LogP contribution >= 0.6 is 27.5 Å². The van der Waals surface area contributed by atoms with Crippen molar-refractivity contribution < 1.29 is 27.5 Å². The summed E-state index contributed by atoms with van der Waals surface area (Å²) in [6.45, 7) is 0. The van der Waals surface area contributed by atoms with Gasteiger partial charge in [-0.1, -0.05) is 45.7 Å². The first-order valence-electron chi connectivity index (χ1n) is 11.5. The van der Waals surface area contributed by atoms with E-state index in [-0.39, 0.29) is 27.6 Å². The molecular weight excluding hydrogens is 622 g/mol.